The molecule has 0 aliphatic carbocycles. The number of anilines is 3. The molecule has 0 spiro atoms. The van der Waals surface area contributed by atoms with Gasteiger partial charge in [0.15, 0.2) is 0 Å². The molecule has 8 aromatic carbocycles. The highest BCUT2D eigenvalue weighted by atomic mass is 16.3. The fraction of sp³-hybridized carbons (Fsp3) is 0. The van der Waals surface area contributed by atoms with Gasteiger partial charge in [-0.2, -0.15) is 0 Å². The number of para-hydroxylation sites is 1. The van der Waals surface area contributed by atoms with E-state index in [9.17, 15) is 0 Å². The lowest BCUT2D eigenvalue weighted by Gasteiger charge is -2.26. The van der Waals surface area contributed by atoms with Gasteiger partial charge in [-0.15, -0.1) is 0 Å². The van der Waals surface area contributed by atoms with Crippen LogP contribution < -0.4 is 4.90 Å². The molecule has 0 N–H and O–H groups in total. The molecule has 0 atom stereocenters. The van der Waals surface area contributed by atoms with Gasteiger partial charge in [-0.3, -0.25) is 0 Å². The van der Waals surface area contributed by atoms with E-state index < -0.39 is 0 Å². The van der Waals surface area contributed by atoms with Crippen LogP contribution in [-0.2, 0) is 0 Å². The lowest BCUT2D eigenvalue weighted by Crippen LogP contribution is -2.10. The van der Waals surface area contributed by atoms with Gasteiger partial charge in [0, 0.05) is 27.8 Å². The third-order valence-electron chi connectivity index (χ3n) is 8.82. The van der Waals surface area contributed by atoms with Gasteiger partial charge in [-0.05, 0) is 92.0 Å². The summed E-state index contributed by atoms with van der Waals surface area (Å²) in [4.78, 5) is 2.37. The first kappa shape index (κ1) is 24.7. The number of furan rings is 1. The first-order valence-electron chi connectivity index (χ1n) is 15.0. The standard InChI is InChI=1S/C42H27NO/c1-2-8-28(9-3-1)29-16-20-33(21-17-29)43(35-22-18-31-15-14-30-10-4-5-11-36(30)39(31)27-35)34-23-24-37-32(26-34)19-25-41-42(37)38-12-6-7-13-40(38)44-41/h1-27H. The lowest BCUT2D eigenvalue weighted by molar-refractivity contribution is 0.669. The second kappa shape index (κ2) is 9.86. The summed E-state index contributed by atoms with van der Waals surface area (Å²) in [7, 11) is 0. The Bertz CT molecular complexity index is 2490. The maximum Gasteiger partial charge on any atom is 0.136 e. The highest BCUT2D eigenvalue weighted by Crippen LogP contribution is 2.41. The van der Waals surface area contributed by atoms with E-state index in [4.69, 9.17) is 4.42 Å². The Morgan fingerprint density at radius 2 is 0.955 bits per heavy atom. The van der Waals surface area contributed by atoms with Crippen molar-refractivity contribution in [2.24, 2.45) is 0 Å². The van der Waals surface area contributed by atoms with Crippen molar-refractivity contribution >= 4 is 71.3 Å². The lowest BCUT2D eigenvalue weighted by atomic mass is 10.00. The van der Waals surface area contributed by atoms with Crippen LogP contribution >= 0.6 is 0 Å². The number of rotatable bonds is 4. The van der Waals surface area contributed by atoms with E-state index in [1.165, 1.54) is 48.8 Å². The van der Waals surface area contributed by atoms with Gasteiger partial charge in [0.2, 0.25) is 0 Å². The van der Waals surface area contributed by atoms with Crippen molar-refractivity contribution in [1.29, 1.82) is 0 Å². The smallest absolute Gasteiger partial charge is 0.136 e. The number of benzene rings is 8. The van der Waals surface area contributed by atoms with Crippen LogP contribution in [0.25, 0.3) is 65.4 Å². The molecule has 1 heterocycles. The van der Waals surface area contributed by atoms with E-state index in [-0.39, 0.29) is 0 Å². The van der Waals surface area contributed by atoms with E-state index >= 15 is 0 Å². The van der Waals surface area contributed by atoms with Crippen molar-refractivity contribution < 1.29 is 4.42 Å². The molecule has 206 valence electrons. The molecule has 0 radical (unpaired) electrons. The summed E-state index contributed by atoms with van der Waals surface area (Å²) in [6, 6.07) is 58.7. The zero-order valence-corrected chi connectivity index (χ0v) is 23.9. The minimum Gasteiger partial charge on any atom is -0.456 e. The molecule has 1 aromatic heterocycles. The first-order chi connectivity index (χ1) is 21.8. The molecule has 44 heavy (non-hydrogen) atoms. The van der Waals surface area contributed by atoms with Crippen LogP contribution in [0.2, 0.25) is 0 Å². The third kappa shape index (κ3) is 3.96. The van der Waals surface area contributed by atoms with Gasteiger partial charge < -0.3 is 9.32 Å². The normalized spacial score (nSPS) is 11.6. The molecule has 0 saturated heterocycles. The van der Waals surface area contributed by atoms with E-state index in [2.05, 4.69) is 157 Å². The van der Waals surface area contributed by atoms with Gasteiger partial charge in [0.05, 0.1) is 0 Å². The third-order valence-corrected chi connectivity index (χ3v) is 8.82. The molecule has 0 unspecified atom stereocenters. The molecule has 0 amide bonds. The highest BCUT2D eigenvalue weighted by Gasteiger charge is 2.17. The van der Waals surface area contributed by atoms with Gasteiger partial charge in [-0.25, -0.2) is 0 Å². The molecular formula is C42H27NO. The maximum absolute atomic E-state index is 6.19. The summed E-state index contributed by atoms with van der Waals surface area (Å²) in [5.74, 6) is 0. The molecule has 2 nitrogen and oxygen atoms in total. The number of fused-ring (bicyclic) bond motifs is 8. The summed E-state index contributed by atoms with van der Waals surface area (Å²) in [6.45, 7) is 0. The number of nitrogens with zero attached hydrogens (tertiary/aromatic N) is 1. The average Bonchev–Trinajstić information content (AvgIpc) is 3.48. The zero-order valence-electron chi connectivity index (χ0n) is 23.9. The molecule has 2 heteroatoms. The van der Waals surface area contributed by atoms with Crippen LogP contribution in [0.5, 0.6) is 0 Å². The summed E-state index contributed by atoms with van der Waals surface area (Å²) < 4.78 is 6.19. The molecule has 0 aliphatic rings. The fourth-order valence-corrected chi connectivity index (χ4v) is 6.69. The Kier molecular flexibility index (Phi) is 5.54. The summed E-state index contributed by atoms with van der Waals surface area (Å²) in [5.41, 5.74) is 7.59. The summed E-state index contributed by atoms with van der Waals surface area (Å²) in [5, 5.41) is 9.69. The van der Waals surface area contributed by atoms with Crippen LogP contribution in [0.15, 0.2) is 168 Å². The molecule has 0 aliphatic heterocycles. The number of hydrogen-bond donors (Lipinski definition) is 0. The van der Waals surface area contributed by atoms with Crippen LogP contribution in [0.4, 0.5) is 17.1 Å². The van der Waals surface area contributed by atoms with Gasteiger partial charge in [0.1, 0.15) is 11.2 Å². The predicted molar refractivity (Wildman–Crippen MR) is 186 cm³/mol. The van der Waals surface area contributed by atoms with Gasteiger partial charge in [0.25, 0.3) is 0 Å². The Hall–Kier alpha value is -5.86. The van der Waals surface area contributed by atoms with Crippen LogP contribution in [0.3, 0.4) is 0 Å². The minimum absolute atomic E-state index is 0.918. The van der Waals surface area contributed by atoms with E-state index in [1.54, 1.807) is 0 Å². The highest BCUT2D eigenvalue weighted by molar-refractivity contribution is 6.19. The Morgan fingerprint density at radius 3 is 1.82 bits per heavy atom. The van der Waals surface area contributed by atoms with Gasteiger partial charge in [-0.1, -0.05) is 115 Å². The van der Waals surface area contributed by atoms with Gasteiger partial charge >= 0.3 is 0 Å². The van der Waals surface area contributed by atoms with E-state index in [0.29, 0.717) is 0 Å². The molecular weight excluding hydrogens is 534 g/mol. The van der Waals surface area contributed by atoms with Crippen molar-refractivity contribution in [3.63, 3.8) is 0 Å². The monoisotopic (exact) mass is 561 g/mol. The average molecular weight is 562 g/mol. The molecule has 0 bridgehead atoms. The SMILES string of the molecule is c1ccc(-c2ccc(N(c3ccc4c(ccc5oc6ccccc6c54)c3)c3ccc4ccc5ccccc5c4c3)cc2)cc1. The second-order valence-corrected chi connectivity index (χ2v) is 11.4. The first-order valence-corrected chi connectivity index (χ1v) is 15.0. The van der Waals surface area contributed by atoms with Crippen molar-refractivity contribution in [2.75, 3.05) is 4.90 Å². The van der Waals surface area contributed by atoms with E-state index in [1.807, 2.05) is 12.1 Å². The van der Waals surface area contributed by atoms with Crippen molar-refractivity contribution in [3.05, 3.63) is 164 Å². The molecule has 0 fully saturated rings. The van der Waals surface area contributed by atoms with Crippen LogP contribution in [0.1, 0.15) is 0 Å². The zero-order chi connectivity index (χ0) is 29.0. The molecule has 9 aromatic rings. The summed E-state index contributed by atoms with van der Waals surface area (Å²) in [6.07, 6.45) is 0. The van der Waals surface area contributed by atoms with E-state index in [0.717, 1.165) is 33.6 Å². The number of hydrogen-bond acceptors (Lipinski definition) is 2. The largest absolute Gasteiger partial charge is 0.456 e. The maximum atomic E-state index is 6.19. The fourth-order valence-electron chi connectivity index (χ4n) is 6.69. The Balaban J connectivity index is 1.25. The van der Waals surface area contributed by atoms with Crippen molar-refractivity contribution in [2.45, 2.75) is 0 Å². The molecule has 0 saturated carbocycles. The topological polar surface area (TPSA) is 16.4 Å². The van der Waals surface area contributed by atoms with Crippen molar-refractivity contribution in [3.8, 4) is 11.1 Å². The predicted octanol–water partition coefficient (Wildman–Crippen LogP) is 12.2. The van der Waals surface area contributed by atoms with Crippen LogP contribution in [0, 0.1) is 0 Å². The minimum atomic E-state index is 0.918. The summed E-state index contributed by atoms with van der Waals surface area (Å²) >= 11 is 0. The quantitative estimate of drug-likeness (QED) is 0.199. The van der Waals surface area contributed by atoms with Crippen LogP contribution in [-0.4, -0.2) is 0 Å². The van der Waals surface area contributed by atoms with Crippen molar-refractivity contribution in [1.82, 2.24) is 0 Å². The Labute approximate surface area is 255 Å². The second-order valence-electron chi connectivity index (χ2n) is 11.4. The molecule has 9 rings (SSSR count). The Morgan fingerprint density at radius 1 is 0.341 bits per heavy atom.